The number of nitrogens with zero attached hydrogens (tertiary/aromatic N) is 3. The van der Waals surface area contributed by atoms with E-state index in [1.54, 1.807) is 0 Å². The van der Waals surface area contributed by atoms with Gasteiger partial charge in [0.2, 0.25) is 0 Å². The van der Waals surface area contributed by atoms with Crippen molar-refractivity contribution in [3.63, 3.8) is 0 Å². The molecule has 7 rings (SSSR count). The normalized spacial score (nSPS) is 13.4. The lowest BCUT2D eigenvalue weighted by Gasteiger charge is -2.50. The summed E-state index contributed by atoms with van der Waals surface area (Å²) in [5.74, 6) is 0. The molecule has 50 heavy (non-hydrogen) atoms. The Morgan fingerprint density at radius 3 is 1.50 bits per heavy atom. The molecule has 248 valence electrons. The number of aryl methyl sites for hydroxylation is 2. The van der Waals surface area contributed by atoms with Crippen molar-refractivity contribution >= 4 is 22.6 Å². The van der Waals surface area contributed by atoms with Gasteiger partial charge in [-0.25, -0.2) is 0 Å². The smallest absolute Gasteiger partial charge is 0.138 e. The number of anilines is 3. The summed E-state index contributed by atoms with van der Waals surface area (Å²) in [7, 11) is 0. The van der Waals surface area contributed by atoms with Crippen molar-refractivity contribution in [3.8, 4) is 12.1 Å². The van der Waals surface area contributed by atoms with E-state index < -0.39 is 5.41 Å². The van der Waals surface area contributed by atoms with Crippen LogP contribution < -0.4 is 4.90 Å². The van der Waals surface area contributed by atoms with Crippen LogP contribution in [0.1, 0.15) is 110 Å². The molecule has 5 aromatic carbocycles. The number of benzene rings is 5. The van der Waals surface area contributed by atoms with Gasteiger partial charge in [-0.2, -0.15) is 10.5 Å². The molecular weight excluding hydrogens is 607 g/mol. The third-order valence-corrected chi connectivity index (χ3v) is 10.7. The summed E-state index contributed by atoms with van der Waals surface area (Å²) in [5, 5.41) is 20.6. The first-order valence-corrected chi connectivity index (χ1v) is 18.5. The Labute approximate surface area is 298 Å². The van der Waals surface area contributed by atoms with Gasteiger partial charge in [0.1, 0.15) is 17.7 Å². The molecule has 0 fully saturated rings. The molecule has 0 atom stereocenters. The highest BCUT2D eigenvalue weighted by Crippen LogP contribution is 2.62. The summed E-state index contributed by atoms with van der Waals surface area (Å²) in [6.07, 6.45) is 11.8. The van der Waals surface area contributed by atoms with E-state index in [0.29, 0.717) is 0 Å². The number of rotatable bonds is 11. The van der Waals surface area contributed by atoms with Crippen LogP contribution in [0.15, 0.2) is 121 Å². The van der Waals surface area contributed by atoms with Gasteiger partial charge in [0.15, 0.2) is 0 Å². The lowest BCUT2D eigenvalue weighted by molar-refractivity contribution is 0.661. The van der Waals surface area contributed by atoms with Gasteiger partial charge in [0, 0.05) is 11.3 Å². The predicted octanol–water partition coefficient (Wildman–Crippen LogP) is 12.3. The fourth-order valence-corrected chi connectivity index (χ4v) is 8.44. The van der Waals surface area contributed by atoms with Crippen molar-refractivity contribution in [1.82, 2.24) is 0 Å². The summed E-state index contributed by atoms with van der Waals surface area (Å²) in [6.45, 7) is 4.53. The van der Waals surface area contributed by atoms with Crippen LogP contribution in [0.4, 0.5) is 17.1 Å². The lowest BCUT2D eigenvalue weighted by atomic mass is 9.56. The van der Waals surface area contributed by atoms with Crippen LogP contribution >= 0.6 is 0 Å². The molecule has 0 bridgehead atoms. The molecule has 5 aromatic rings. The first kappa shape index (κ1) is 33.1. The third-order valence-electron chi connectivity index (χ3n) is 10.7. The van der Waals surface area contributed by atoms with Gasteiger partial charge in [-0.15, -0.1) is 0 Å². The third kappa shape index (κ3) is 5.62. The Balaban J connectivity index is 1.59. The zero-order valence-corrected chi connectivity index (χ0v) is 29.4. The van der Waals surface area contributed by atoms with Gasteiger partial charge in [-0.3, -0.25) is 0 Å². The van der Waals surface area contributed by atoms with E-state index in [1.807, 2.05) is 12.1 Å². The van der Waals surface area contributed by atoms with Crippen molar-refractivity contribution in [2.45, 2.75) is 83.5 Å². The molecular formula is C47H45N3. The lowest BCUT2D eigenvalue weighted by Crippen LogP contribution is -2.41. The Morgan fingerprint density at radius 1 is 0.540 bits per heavy atom. The van der Waals surface area contributed by atoms with Gasteiger partial charge < -0.3 is 4.90 Å². The zero-order chi connectivity index (χ0) is 34.5. The van der Waals surface area contributed by atoms with E-state index in [4.69, 9.17) is 0 Å². The van der Waals surface area contributed by atoms with Crippen molar-refractivity contribution in [2.75, 3.05) is 4.90 Å². The quantitative estimate of drug-likeness (QED) is 0.103. The van der Waals surface area contributed by atoms with Crippen LogP contribution in [0, 0.1) is 22.7 Å². The predicted molar refractivity (Wildman–Crippen MR) is 206 cm³/mol. The summed E-state index contributed by atoms with van der Waals surface area (Å²) in [4.78, 5) is 2.45. The van der Waals surface area contributed by atoms with Gasteiger partial charge in [0.25, 0.3) is 0 Å². The largest absolute Gasteiger partial charge is 0.310 e. The van der Waals surface area contributed by atoms with Crippen molar-refractivity contribution in [1.29, 1.82) is 10.5 Å². The van der Waals surface area contributed by atoms with Crippen LogP contribution in [0.2, 0.25) is 0 Å². The zero-order valence-electron chi connectivity index (χ0n) is 29.4. The average molecular weight is 652 g/mol. The second-order valence-corrected chi connectivity index (χ2v) is 13.8. The number of para-hydroxylation sites is 1. The molecule has 0 unspecified atom stereocenters. The van der Waals surface area contributed by atoms with Crippen LogP contribution in [0.3, 0.4) is 0 Å². The molecule has 0 aromatic heterocycles. The molecule has 3 nitrogen and oxygen atoms in total. The van der Waals surface area contributed by atoms with E-state index in [1.165, 1.54) is 60.8 Å². The van der Waals surface area contributed by atoms with E-state index >= 15 is 0 Å². The van der Waals surface area contributed by atoms with Gasteiger partial charge in [0.05, 0.1) is 16.8 Å². The van der Waals surface area contributed by atoms with Crippen molar-refractivity contribution < 1.29 is 0 Å². The molecule has 0 radical (unpaired) electrons. The van der Waals surface area contributed by atoms with Crippen LogP contribution in [-0.4, -0.2) is 0 Å². The van der Waals surface area contributed by atoms with Gasteiger partial charge >= 0.3 is 0 Å². The Kier molecular flexibility index (Phi) is 9.69. The van der Waals surface area contributed by atoms with Crippen LogP contribution in [0.5, 0.6) is 0 Å². The molecule has 1 aliphatic carbocycles. The van der Waals surface area contributed by atoms with Gasteiger partial charge in [-0.05, 0) is 94.5 Å². The standard InChI is InChI=1S/C47H45N3/c1-3-5-7-10-18-34-26-28-44-42(30-34)47(40-24-16-14-22-38(40)46(36(32-48)33-49)39-23-15-17-25-41(39)47)43-31-35(19-11-8-6-4-2)27-29-45(43)50(44)37-20-12-9-13-21-37/h9,12-17,20-31H,3-8,10-11,18-19H2,1-2H3. The second kappa shape index (κ2) is 14.6. The van der Waals surface area contributed by atoms with E-state index in [2.05, 4.69) is 134 Å². The summed E-state index contributed by atoms with van der Waals surface area (Å²) < 4.78 is 0. The van der Waals surface area contributed by atoms with Crippen LogP contribution in [0.25, 0.3) is 5.57 Å². The fraction of sp³-hybridized carbons (Fsp3) is 0.277. The highest BCUT2D eigenvalue weighted by molar-refractivity contribution is 5.98. The minimum absolute atomic E-state index is 0.149. The number of fused-ring (bicyclic) bond motifs is 8. The van der Waals surface area contributed by atoms with Crippen molar-refractivity contribution in [3.05, 3.63) is 165 Å². The Morgan fingerprint density at radius 2 is 1.02 bits per heavy atom. The number of hydrogen-bond acceptors (Lipinski definition) is 3. The molecule has 0 saturated heterocycles. The fourth-order valence-electron chi connectivity index (χ4n) is 8.44. The monoisotopic (exact) mass is 651 g/mol. The molecule has 0 amide bonds. The Bertz CT molecular complexity index is 1990. The van der Waals surface area contributed by atoms with Crippen molar-refractivity contribution in [2.24, 2.45) is 0 Å². The highest BCUT2D eigenvalue weighted by Gasteiger charge is 2.51. The highest BCUT2D eigenvalue weighted by atomic mass is 15.2. The summed E-state index contributed by atoms with van der Waals surface area (Å²) in [6, 6.07) is 46.6. The van der Waals surface area contributed by atoms with Gasteiger partial charge in [-0.1, -0.05) is 143 Å². The van der Waals surface area contributed by atoms with E-state index in [-0.39, 0.29) is 5.57 Å². The maximum absolute atomic E-state index is 10.3. The maximum Gasteiger partial charge on any atom is 0.138 e. The maximum atomic E-state index is 10.3. The second-order valence-electron chi connectivity index (χ2n) is 13.8. The molecule has 1 heterocycles. The molecule has 1 spiro atoms. The molecule has 0 N–H and O–H groups in total. The van der Waals surface area contributed by atoms with E-state index in [9.17, 15) is 10.5 Å². The average Bonchev–Trinajstić information content (AvgIpc) is 3.17. The SMILES string of the molecule is CCCCCCc1ccc2c(c1)C1(c3ccccc3C(=C(C#N)C#N)c3ccccc31)c1cc(CCCCCC)ccc1N2c1ccccc1. The molecule has 2 aliphatic rings. The minimum atomic E-state index is -0.665. The number of hydrogen-bond donors (Lipinski definition) is 0. The minimum Gasteiger partial charge on any atom is -0.310 e. The number of allylic oxidation sites excluding steroid dienone is 1. The number of nitriles is 2. The Hall–Kier alpha value is -5.38. The van der Waals surface area contributed by atoms with E-state index in [0.717, 1.165) is 70.6 Å². The van der Waals surface area contributed by atoms with Crippen LogP contribution in [-0.2, 0) is 18.3 Å². The molecule has 0 saturated carbocycles. The topological polar surface area (TPSA) is 50.8 Å². The first-order valence-electron chi connectivity index (χ1n) is 18.5. The summed E-state index contributed by atoms with van der Waals surface area (Å²) in [5.41, 5.74) is 13.0. The molecule has 1 aliphatic heterocycles. The number of unbranched alkanes of at least 4 members (excludes halogenated alkanes) is 6. The summed E-state index contributed by atoms with van der Waals surface area (Å²) >= 11 is 0. The first-order chi connectivity index (χ1) is 24.7. The molecule has 3 heteroatoms.